The molecule has 7 heteroatoms. The Kier molecular flexibility index (Phi) is 5.56. The fraction of sp³-hybridized carbons (Fsp3) is 0.471. The van der Waals surface area contributed by atoms with Crippen molar-refractivity contribution in [3.8, 4) is 17.0 Å². The lowest BCUT2D eigenvalue weighted by Gasteiger charge is -2.21. The van der Waals surface area contributed by atoms with Crippen molar-refractivity contribution in [2.75, 3.05) is 39.6 Å². The first-order chi connectivity index (χ1) is 11.4. The highest BCUT2D eigenvalue weighted by atomic mass is 16.8. The van der Waals surface area contributed by atoms with E-state index in [0.29, 0.717) is 17.0 Å². The summed E-state index contributed by atoms with van der Waals surface area (Å²) < 4.78 is 5.38. The van der Waals surface area contributed by atoms with Crippen molar-refractivity contribution >= 4 is 5.69 Å². The van der Waals surface area contributed by atoms with Crippen LogP contribution in [0.4, 0.5) is 5.69 Å². The van der Waals surface area contributed by atoms with Crippen LogP contribution in [0.3, 0.4) is 0 Å². The molecule has 1 aliphatic carbocycles. The zero-order valence-corrected chi connectivity index (χ0v) is 14.9. The molecule has 1 heterocycles. The van der Waals surface area contributed by atoms with Crippen LogP contribution in [-0.4, -0.2) is 44.2 Å². The van der Waals surface area contributed by atoms with Gasteiger partial charge in [0.05, 0.1) is 24.1 Å². The third kappa shape index (κ3) is 3.56. The van der Waals surface area contributed by atoms with Gasteiger partial charge in [0.2, 0.25) is 5.36 Å². The molecule has 0 unspecified atom stereocenters. The topological polar surface area (TPSA) is 89.4 Å². The number of pyridine rings is 1. The molecule has 0 aromatic heterocycles. The summed E-state index contributed by atoms with van der Waals surface area (Å²) in [4.78, 5) is 5.01. The van der Waals surface area contributed by atoms with Gasteiger partial charge in [0.1, 0.15) is 5.75 Å². The molecule has 0 fully saturated rings. The summed E-state index contributed by atoms with van der Waals surface area (Å²) in [6.45, 7) is 5.61. The molecule has 2 aliphatic rings. The first kappa shape index (κ1) is 17.9. The van der Waals surface area contributed by atoms with Crippen molar-refractivity contribution in [1.82, 2.24) is 14.8 Å². The van der Waals surface area contributed by atoms with Gasteiger partial charge in [-0.05, 0) is 52.5 Å². The fourth-order valence-electron chi connectivity index (χ4n) is 2.76. The Hall–Kier alpha value is -2.41. The molecule has 0 saturated carbocycles. The highest BCUT2D eigenvalue weighted by Gasteiger charge is 2.22. The van der Waals surface area contributed by atoms with Crippen molar-refractivity contribution in [3.05, 3.63) is 39.2 Å². The largest absolute Gasteiger partial charge is 0.612 e. The number of nitrogens with zero attached hydrogens (tertiary/aromatic N) is 2. The Morgan fingerprint density at radius 1 is 1.25 bits per heavy atom. The second-order valence-corrected chi connectivity index (χ2v) is 6.13. The molecule has 2 rings (SSSR count). The molecular weight excluding hydrogens is 308 g/mol. The summed E-state index contributed by atoms with van der Waals surface area (Å²) in [5, 5.41) is 26.5. The van der Waals surface area contributed by atoms with Crippen molar-refractivity contribution in [2.45, 2.75) is 20.3 Å². The van der Waals surface area contributed by atoms with E-state index in [1.165, 1.54) is 6.07 Å². The van der Waals surface area contributed by atoms with Gasteiger partial charge in [0.15, 0.2) is 0 Å². The van der Waals surface area contributed by atoms with Gasteiger partial charge >= 0.3 is 0 Å². The monoisotopic (exact) mass is 333 g/mol. The van der Waals surface area contributed by atoms with E-state index in [-0.39, 0.29) is 10.3 Å². The molecule has 0 saturated heterocycles. The van der Waals surface area contributed by atoms with Crippen LogP contribution >= 0.6 is 0 Å². The van der Waals surface area contributed by atoms with Crippen molar-refractivity contribution in [3.63, 3.8) is 0 Å². The molecule has 0 bridgehead atoms. The minimum absolute atomic E-state index is 0.0697. The Bertz CT molecular complexity index is 748. The van der Waals surface area contributed by atoms with Crippen molar-refractivity contribution in [1.29, 1.82) is 0 Å². The lowest BCUT2D eigenvalue weighted by Crippen LogP contribution is -2.25. The molecule has 0 spiro atoms. The standard InChI is InChI=1S/C17H25N4O3/c1-11-12(2)19-17-14(24-5)8-7-13(21(22)23)15(17)16(11)18-9-6-10-20(3)4/h7-8,18-19H,6,9-10H2,1-5H3/q-1. The first-order valence-corrected chi connectivity index (χ1v) is 7.93. The van der Waals surface area contributed by atoms with Crippen LogP contribution in [0.15, 0.2) is 12.1 Å². The maximum Gasteiger partial charge on any atom is 0.234 e. The average Bonchev–Trinajstić information content (AvgIpc) is 2.53. The Balaban J connectivity index is 2.58. The number of ether oxygens (including phenoxy) is 1. The number of nitrogens with one attached hydrogen (secondary N) is 2. The highest BCUT2D eigenvalue weighted by Crippen LogP contribution is 2.35. The van der Waals surface area contributed by atoms with E-state index in [9.17, 15) is 10.4 Å². The molecular formula is C17H25N4O3-. The van der Waals surface area contributed by atoms with Gasteiger partial charge in [-0.1, -0.05) is 0 Å². The molecule has 24 heavy (non-hydrogen) atoms. The van der Waals surface area contributed by atoms with E-state index in [4.69, 9.17) is 4.74 Å². The molecule has 0 aromatic carbocycles. The number of fused-ring (bicyclic) bond motifs is 1. The van der Waals surface area contributed by atoms with Crippen LogP contribution < -0.4 is 20.3 Å². The van der Waals surface area contributed by atoms with Crippen LogP contribution in [0.5, 0.6) is 5.75 Å². The Morgan fingerprint density at radius 3 is 2.54 bits per heavy atom. The van der Waals surface area contributed by atoms with Gasteiger partial charge in [0.25, 0.3) is 0 Å². The number of aromatic amines is 1. The van der Waals surface area contributed by atoms with E-state index in [2.05, 4.69) is 15.2 Å². The van der Waals surface area contributed by atoms with Gasteiger partial charge in [-0.2, -0.15) is 4.90 Å². The normalized spacial score (nSPS) is 11.1. The number of aromatic nitrogens is 1. The molecule has 2 N–H and O–H groups in total. The highest BCUT2D eigenvalue weighted by molar-refractivity contribution is 5.83. The number of aryl methyl sites for hydroxylation is 1. The number of methoxy groups -OCH3 is 1. The second kappa shape index (κ2) is 7.44. The molecule has 0 atom stereocenters. The molecule has 7 nitrogen and oxygen atoms in total. The predicted molar refractivity (Wildman–Crippen MR) is 97.1 cm³/mol. The van der Waals surface area contributed by atoms with Crippen LogP contribution in [0.1, 0.15) is 17.7 Å². The van der Waals surface area contributed by atoms with Gasteiger partial charge in [0, 0.05) is 18.3 Å². The van der Waals surface area contributed by atoms with Gasteiger partial charge in [-0.3, -0.25) is 0 Å². The van der Waals surface area contributed by atoms with Crippen molar-refractivity contribution in [2.24, 2.45) is 0 Å². The van der Waals surface area contributed by atoms with E-state index >= 15 is 0 Å². The summed E-state index contributed by atoms with van der Waals surface area (Å²) in [6, 6.07) is 3.12. The summed E-state index contributed by atoms with van der Waals surface area (Å²) in [6.07, 6.45) is 0.948. The van der Waals surface area contributed by atoms with Gasteiger partial charge < -0.3 is 30.4 Å². The third-order valence-electron chi connectivity index (χ3n) is 4.15. The zero-order chi connectivity index (χ0) is 17.9. The number of rotatable bonds is 6. The first-order valence-electron chi connectivity index (χ1n) is 7.93. The third-order valence-corrected chi connectivity index (χ3v) is 4.15. The molecule has 0 aromatic rings. The average molecular weight is 333 g/mol. The maximum atomic E-state index is 11.5. The maximum absolute atomic E-state index is 11.5. The van der Waals surface area contributed by atoms with Crippen LogP contribution in [0.2, 0.25) is 0 Å². The van der Waals surface area contributed by atoms with E-state index in [0.717, 1.165) is 36.5 Å². The van der Waals surface area contributed by atoms with Crippen LogP contribution in [-0.2, 0) is 0 Å². The smallest absolute Gasteiger partial charge is 0.234 e. The summed E-state index contributed by atoms with van der Waals surface area (Å²) in [5.41, 5.74) is 3.93. The van der Waals surface area contributed by atoms with Gasteiger partial charge in [-0.15, -0.1) is 0 Å². The lowest BCUT2D eigenvalue weighted by atomic mass is 10.00. The quantitative estimate of drug-likeness (QED) is 0.622. The SMILES string of the molecule is COc1ccc(=[N+]([O-])[O-])c2c(NCCCN(C)C)c(C)c(C)[nH]c1-2. The second-order valence-electron chi connectivity index (χ2n) is 6.13. The molecule has 1 aliphatic heterocycles. The summed E-state index contributed by atoms with van der Waals surface area (Å²) >= 11 is 0. The molecule has 0 radical (unpaired) electrons. The van der Waals surface area contributed by atoms with E-state index < -0.39 is 0 Å². The Morgan fingerprint density at radius 2 is 1.96 bits per heavy atom. The Labute approximate surface area is 142 Å². The van der Waals surface area contributed by atoms with Crippen molar-refractivity contribution < 1.29 is 4.74 Å². The molecule has 0 amide bonds. The van der Waals surface area contributed by atoms with Gasteiger partial charge in [-0.25, -0.2) is 0 Å². The number of benzene rings is 1. The predicted octanol–water partition coefficient (Wildman–Crippen LogP) is 1.88. The number of anilines is 1. The van der Waals surface area contributed by atoms with E-state index in [1.54, 1.807) is 13.2 Å². The van der Waals surface area contributed by atoms with Crippen LogP contribution in [0, 0.1) is 24.3 Å². The fourth-order valence-corrected chi connectivity index (χ4v) is 2.76. The minimum Gasteiger partial charge on any atom is -0.612 e. The van der Waals surface area contributed by atoms with E-state index in [1.807, 2.05) is 27.9 Å². The molecule has 132 valence electrons. The number of hydrogen-bond acceptors (Lipinski definition) is 5. The summed E-state index contributed by atoms with van der Waals surface area (Å²) in [5.74, 6) is 0.593. The minimum atomic E-state index is -0.352. The number of H-pyrrole nitrogens is 1. The van der Waals surface area contributed by atoms with Crippen LogP contribution in [0.25, 0.3) is 11.3 Å². The lowest BCUT2D eigenvalue weighted by molar-refractivity contribution is 0.405. The summed E-state index contributed by atoms with van der Waals surface area (Å²) in [7, 11) is 5.61. The number of hydrogen-bond donors (Lipinski definition) is 2. The zero-order valence-electron chi connectivity index (χ0n) is 14.9.